The first kappa shape index (κ1) is 33.3. The topological polar surface area (TPSA) is 250 Å². The molecule has 2 heterocycles. The number of amides is 4. The van der Waals surface area contributed by atoms with Crippen LogP contribution in [0.4, 0.5) is 0 Å². The maximum atomic E-state index is 13.1. The van der Waals surface area contributed by atoms with Crippen molar-refractivity contribution in [1.29, 1.82) is 0 Å². The van der Waals surface area contributed by atoms with E-state index in [0.717, 1.165) is 11.3 Å². The summed E-state index contributed by atoms with van der Waals surface area (Å²) in [6.07, 6.45) is -5.65. The van der Waals surface area contributed by atoms with Gasteiger partial charge in [-0.2, -0.15) is 0 Å². The molecule has 9 N–H and O–H groups in total. The molecule has 0 radical (unpaired) electrons. The van der Waals surface area contributed by atoms with Crippen molar-refractivity contribution in [3.8, 4) is 0 Å². The zero-order valence-electron chi connectivity index (χ0n) is 22.8. The minimum Gasteiger partial charge on any atom is -0.480 e. The monoisotopic (exact) mass is 575 g/mol. The average Bonchev–Trinajstić information content (AvgIpc) is 3.43. The first-order valence-electron chi connectivity index (χ1n) is 13.2. The molecule has 0 aliphatic carbocycles. The van der Waals surface area contributed by atoms with E-state index in [9.17, 15) is 44.4 Å². The number of hydrogen-bond donors (Lipinski definition) is 8. The minimum absolute atomic E-state index is 0.168. The van der Waals surface area contributed by atoms with E-state index >= 15 is 0 Å². The molecule has 0 bridgehead atoms. The highest BCUT2D eigenvalue weighted by Crippen LogP contribution is 2.24. The Hall–Kier alpha value is -2.89. The molecule has 9 atom stereocenters. The molecule has 0 aromatic carbocycles. The Morgan fingerprint density at radius 2 is 1.88 bits per heavy atom. The van der Waals surface area contributed by atoms with E-state index in [1.54, 1.807) is 0 Å². The Bertz CT molecular complexity index is 916. The van der Waals surface area contributed by atoms with Crippen molar-refractivity contribution in [1.82, 2.24) is 20.9 Å². The maximum absolute atomic E-state index is 13.1. The standard InChI is InChI=1S/C24H41N5O11/c1-11(39-20-18(27-13(3)31)24(38)40-16(10-30)19(20)33)9-29(12(2)23(36)37)17(32)7-6-14(21(25)34)28-22(35)15-5-4-8-26-15/h11-12,14-16,18-20,24,26,30,33,38H,4-10H2,1-3H3,(H2,25,34)(H,27,31)(H,28,35)(H,36,37)/t11?,12-,14+,15-,16+,18+,19+,20+,24-/m0/s1. The van der Waals surface area contributed by atoms with Gasteiger partial charge in [-0.3, -0.25) is 19.2 Å². The van der Waals surface area contributed by atoms with Crippen LogP contribution in [0.3, 0.4) is 0 Å². The number of carboxylic acid groups (broad SMARTS) is 1. The lowest BCUT2D eigenvalue weighted by molar-refractivity contribution is -0.268. The zero-order valence-corrected chi connectivity index (χ0v) is 22.8. The number of carboxylic acids is 1. The van der Waals surface area contributed by atoms with Crippen LogP contribution < -0.4 is 21.7 Å². The molecule has 4 amide bonds. The Morgan fingerprint density at radius 1 is 1.20 bits per heavy atom. The van der Waals surface area contributed by atoms with Crippen LogP contribution in [0.15, 0.2) is 0 Å². The summed E-state index contributed by atoms with van der Waals surface area (Å²) in [6, 6.07) is -4.16. The van der Waals surface area contributed by atoms with Gasteiger partial charge in [0.1, 0.15) is 36.4 Å². The minimum atomic E-state index is -1.63. The summed E-state index contributed by atoms with van der Waals surface area (Å²) in [5, 5.41) is 48.0. The molecule has 40 heavy (non-hydrogen) atoms. The number of ether oxygens (including phenoxy) is 2. The number of rotatable bonds is 14. The fourth-order valence-corrected chi connectivity index (χ4v) is 4.71. The molecule has 0 spiro atoms. The van der Waals surface area contributed by atoms with Gasteiger partial charge in [0.15, 0.2) is 6.29 Å². The lowest BCUT2D eigenvalue weighted by Crippen LogP contribution is -2.65. The lowest BCUT2D eigenvalue weighted by Gasteiger charge is -2.43. The van der Waals surface area contributed by atoms with Gasteiger partial charge in [-0.25, -0.2) is 4.79 Å². The van der Waals surface area contributed by atoms with Gasteiger partial charge >= 0.3 is 5.97 Å². The Labute approximate surface area is 231 Å². The predicted octanol–water partition coefficient (Wildman–Crippen LogP) is -3.86. The number of carbonyl (C=O) groups is 5. The third-order valence-corrected chi connectivity index (χ3v) is 6.91. The number of hydrogen-bond acceptors (Lipinski definition) is 11. The third kappa shape index (κ3) is 9.07. The van der Waals surface area contributed by atoms with Crippen LogP contribution in [0.25, 0.3) is 0 Å². The molecule has 16 heteroatoms. The smallest absolute Gasteiger partial charge is 0.326 e. The predicted molar refractivity (Wildman–Crippen MR) is 136 cm³/mol. The number of nitrogens with zero attached hydrogens (tertiary/aromatic N) is 1. The second kappa shape index (κ2) is 15.2. The van der Waals surface area contributed by atoms with Crippen molar-refractivity contribution in [3.63, 3.8) is 0 Å². The van der Waals surface area contributed by atoms with Gasteiger partial charge < -0.3 is 56.5 Å². The van der Waals surface area contributed by atoms with E-state index in [-0.39, 0.29) is 19.4 Å². The van der Waals surface area contributed by atoms with Crippen LogP contribution in [0.5, 0.6) is 0 Å². The molecule has 2 aliphatic heterocycles. The molecule has 0 saturated carbocycles. The number of nitrogens with one attached hydrogen (secondary N) is 3. The quantitative estimate of drug-likeness (QED) is 0.0991. The summed E-state index contributed by atoms with van der Waals surface area (Å²) in [5.41, 5.74) is 5.42. The number of aliphatic hydroxyl groups excluding tert-OH is 3. The highest BCUT2D eigenvalue weighted by molar-refractivity contribution is 5.90. The zero-order chi connectivity index (χ0) is 30.1. The number of aliphatic carboxylic acids is 1. The van der Waals surface area contributed by atoms with E-state index in [4.69, 9.17) is 15.2 Å². The largest absolute Gasteiger partial charge is 0.480 e. The molecular formula is C24H41N5O11. The van der Waals surface area contributed by atoms with Crippen molar-refractivity contribution in [3.05, 3.63) is 0 Å². The SMILES string of the molecule is CC(=O)N[C@@H]1[C@@H](OC(C)CN(C(=O)CC[C@@H](NC(=O)[C@@H]2CCCN2)C(N)=O)[C@@H](C)C(=O)O)[C@H](O)[C@@H](CO)O[C@@H]1O. The molecule has 0 aromatic rings. The molecule has 0 aromatic heterocycles. The Morgan fingerprint density at radius 3 is 2.40 bits per heavy atom. The van der Waals surface area contributed by atoms with Crippen LogP contribution in [0.1, 0.15) is 46.5 Å². The third-order valence-electron chi connectivity index (χ3n) is 6.91. The molecule has 1 unspecified atom stereocenters. The van der Waals surface area contributed by atoms with Gasteiger partial charge in [0, 0.05) is 19.9 Å². The summed E-state index contributed by atoms with van der Waals surface area (Å²) < 4.78 is 11.0. The molecule has 2 aliphatic rings. The van der Waals surface area contributed by atoms with Gasteiger partial charge in [0.25, 0.3) is 0 Å². The van der Waals surface area contributed by atoms with Crippen molar-refractivity contribution in [2.75, 3.05) is 19.7 Å². The highest BCUT2D eigenvalue weighted by atomic mass is 16.6. The second-order valence-corrected chi connectivity index (χ2v) is 10.1. The molecule has 2 rings (SSSR count). The maximum Gasteiger partial charge on any atom is 0.326 e. The van der Waals surface area contributed by atoms with Crippen molar-refractivity contribution >= 4 is 29.6 Å². The van der Waals surface area contributed by atoms with E-state index < -0.39 is 91.1 Å². The fraction of sp³-hybridized carbons (Fsp3) is 0.792. The van der Waals surface area contributed by atoms with E-state index in [0.29, 0.717) is 13.0 Å². The van der Waals surface area contributed by atoms with Gasteiger partial charge in [0.05, 0.1) is 18.8 Å². The number of carbonyl (C=O) groups excluding carboxylic acids is 4. The number of aliphatic hydroxyl groups is 3. The van der Waals surface area contributed by atoms with Gasteiger partial charge in [-0.15, -0.1) is 0 Å². The summed E-state index contributed by atoms with van der Waals surface area (Å²) in [6.45, 7) is 3.66. The van der Waals surface area contributed by atoms with E-state index in [2.05, 4.69) is 16.0 Å². The molecule has 2 saturated heterocycles. The summed E-state index contributed by atoms with van der Waals surface area (Å²) in [7, 11) is 0. The molecular weight excluding hydrogens is 534 g/mol. The summed E-state index contributed by atoms with van der Waals surface area (Å²) >= 11 is 0. The van der Waals surface area contributed by atoms with Crippen molar-refractivity contribution in [2.24, 2.45) is 5.73 Å². The van der Waals surface area contributed by atoms with E-state index in [1.807, 2.05) is 0 Å². The van der Waals surface area contributed by atoms with Crippen molar-refractivity contribution in [2.45, 2.75) is 101 Å². The number of primary amides is 1. The first-order chi connectivity index (χ1) is 18.8. The van der Waals surface area contributed by atoms with Crippen LogP contribution in [-0.4, -0.2) is 129 Å². The van der Waals surface area contributed by atoms with Crippen LogP contribution >= 0.6 is 0 Å². The summed E-state index contributed by atoms with van der Waals surface area (Å²) in [4.78, 5) is 61.9. The average molecular weight is 576 g/mol. The molecule has 228 valence electrons. The highest BCUT2D eigenvalue weighted by Gasteiger charge is 2.46. The Kier molecular flexibility index (Phi) is 12.7. The first-order valence-corrected chi connectivity index (χ1v) is 13.2. The number of nitrogens with two attached hydrogens (primary N) is 1. The van der Waals surface area contributed by atoms with Crippen LogP contribution in [-0.2, 0) is 33.4 Å². The van der Waals surface area contributed by atoms with Gasteiger partial charge in [-0.05, 0) is 39.7 Å². The van der Waals surface area contributed by atoms with Gasteiger partial charge in [0.2, 0.25) is 23.6 Å². The van der Waals surface area contributed by atoms with E-state index in [1.165, 1.54) is 20.8 Å². The van der Waals surface area contributed by atoms with Crippen LogP contribution in [0.2, 0.25) is 0 Å². The summed E-state index contributed by atoms with van der Waals surface area (Å²) in [5.74, 6) is -3.80. The lowest BCUT2D eigenvalue weighted by atomic mass is 9.96. The molecule has 16 nitrogen and oxygen atoms in total. The second-order valence-electron chi connectivity index (χ2n) is 10.1. The Balaban J connectivity index is 2.11. The van der Waals surface area contributed by atoms with Gasteiger partial charge in [-0.1, -0.05) is 0 Å². The van der Waals surface area contributed by atoms with Crippen molar-refractivity contribution < 1.29 is 53.9 Å². The normalized spacial score (nSPS) is 28.6. The fourth-order valence-electron chi connectivity index (χ4n) is 4.71. The van der Waals surface area contributed by atoms with Crippen LogP contribution in [0, 0.1) is 0 Å². The molecule has 2 fully saturated rings.